The van der Waals surface area contributed by atoms with Crippen LogP contribution in [0.3, 0.4) is 0 Å². The smallest absolute Gasteiger partial charge is 0.0348 e. The van der Waals surface area contributed by atoms with Crippen LogP contribution in [-0.2, 0) is 0 Å². The Morgan fingerprint density at radius 2 is 1.71 bits per heavy atom. The fourth-order valence-corrected chi connectivity index (χ4v) is 3.66. The van der Waals surface area contributed by atoms with Gasteiger partial charge >= 0.3 is 0 Å². The van der Waals surface area contributed by atoms with Gasteiger partial charge in [0.25, 0.3) is 0 Å². The zero-order valence-electron chi connectivity index (χ0n) is 13.3. The van der Waals surface area contributed by atoms with E-state index in [1.807, 2.05) is 0 Å². The molecule has 2 unspecified atom stereocenters. The number of rotatable bonds is 3. The van der Waals surface area contributed by atoms with Crippen molar-refractivity contribution in [1.82, 2.24) is 0 Å². The summed E-state index contributed by atoms with van der Waals surface area (Å²) >= 11 is 0. The van der Waals surface area contributed by atoms with Crippen LogP contribution in [0.15, 0.2) is 42.5 Å². The molecule has 21 heavy (non-hydrogen) atoms. The summed E-state index contributed by atoms with van der Waals surface area (Å²) in [6, 6.07) is 16.0. The van der Waals surface area contributed by atoms with Crippen molar-refractivity contribution < 1.29 is 0 Å². The third-order valence-electron chi connectivity index (χ3n) is 5.08. The maximum Gasteiger partial charge on any atom is 0.0348 e. The van der Waals surface area contributed by atoms with Gasteiger partial charge in [0.1, 0.15) is 0 Å². The lowest BCUT2D eigenvalue weighted by Crippen LogP contribution is -2.18. The van der Waals surface area contributed by atoms with Crippen molar-refractivity contribution in [3.63, 3.8) is 0 Å². The summed E-state index contributed by atoms with van der Waals surface area (Å²) < 4.78 is 0. The Hall–Kier alpha value is -1.50. The molecule has 1 aliphatic carbocycles. The molecule has 3 rings (SSSR count). The first kappa shape index (κ1) is 14.4. The van der Waals surface area contributed by atoms with Gasteiger partial charge in [0, 0.05) is 11.7 Å². The molecule has 2 aromatic carbocycles. The number of fused-ring (bicyclic) bond motifs is 1. The molecule has 1 nitrogen and oxygen atoms in total. The molecule has 0 aliphatic heterocycles. The van der Waals surface area contributed by atoms with E-state index in [0.717, 1.165) is 11.8 Å². The SMILES string of the molecule is CC(C)C1CCCC(Nc2ccc3ccccc3c2)CC1. The van der Waals surface area contributed by atoms with Crippen LogP contribution in [0.1, 0.15) is 46.0 Å². The number of hydrogen-bond donors (Lipinski definition) is 1. The van der Waals surface area contributed by atoms with Gasteiger partial charge in [-0.2, -0.15) is 0 Å². The minimum atomic E-state index is 0.648. The van der Waals surface area contributed by atoms with Gasteiger partial charge in [0.05, 0.1) is 0 Å². The summed E-state index contributed by atoms with van der Waals surface area (Å²) in [6.07, 6.45) is 6.79. The molecule has 2 aromatic rings. The van der Waals surface area contributed by atoms with Gasteiger partial charge in [-0.3, -0.25) is 0 Å². The van der Waals surface area contributed by atoms with Crippen molar-refractivity contribution >= 4 is 16.5 Å². The van der Waals surface area contributed by atoms with Crippen molar-refractivity contribution in [2.45, 2.75) is 52.0 Å². The van der Waals surface area contributed by atoms with Gasteiger partial charge < -0.3 is 5.32 Å². The first-order chi connectivity index (χ1) is 10.2. The van der Waals surface area contributed by atoms with Crippen molar-refractivity contribution in [3.05, 3.63) is 42.5 Å². The third-order valence-corrected chi connectivity index (χ3v) is 5.08. The molecule has 0 bridgehead atoms. The summed E-state index contributed by atoms with van der Waals surface area (Å²) in [5.41, 5.74) is 1.28. The highest BCUT2D eigenvalue weighted by atomic mass is 14.9. The lowest BCUT2D eigenvalue weighted by molar-refractivity contribution is 0.341. The van der Waals surface area contributed by atoms with Gasteiger partial charge in [0.2, 0.25) is 0 Å². The highest BCUT2D eigenvalue weighted by Crippen LogP contribution is 2.30. The van der Waals surface area contributed by atoms with Crippen LogP contribution in [0, 0.1) is 11.8 Å². The predicted octanol–water partition coefficient (Wildman–Crippen LogP) is 5.86. The quantitative estimate of drug-likeness (QED) is 0.695. The van der Waals surface area contributed by atoms with Gasteiger partial charge in [0.15, 0.2) is 0 Å². The van der Waals surface area contributed by atoms with Crippen LogP contribution in [0.5, 0.6) is 0 Å². The lowest BCUT2D eigenvalue weighted by atomic mass is 9.89. The van der Waals surface area contributed by atoms with Crippen LogP contribution in [-0.4, -0.2) is 6.04 Å². The van der Waals surface area contributed by atoms with Gasteiger partial charge in [-0.1, -0.05) is 57.0 Å². The minimum Gasteiger partial charge on any atom is -0.382 e. The maximum atomic E-state index is 3.77. The summed E-state index contributed by atoms with van der Waals surface area (Å²) in [5, 5.41) is 6.43. The van der Waals surface area contributed by atoms with Crippen molar-refractivity contribution in [1.29, 1.82) is 0 Å². The number of hydrogen-bond acceptors (Lipinski definition) is 1. The van der Waals surface area contributed by atoms with E-state index in [-0.39, 0.29) is 0 Å². The number of anilines is 1. The second-order valence-corrected chi connectivity index (χ2v) is 6.92. The lowest BCUT2D eigenvalue weighted by Gasteiger charge is -2.20. The molecule has 1 saturated carbocycles. The molecule has 0 radical (unpaired) electrons. The Morgan fingerprint density at radius 1 is 0.905 bits per heavy atom. The molecular formula is C20H27N. The molecule has 1 heteroatoms. The maximum absolute atomic E-state index is 3.77. The van der Waals surface area contributed by atoms with E-state index >= 15 is 0 Å². The first-order valence-electron chi connectivity index (χ1n) is 8.48. The molecular weight excluding hydrogens is 254 g/mol. The Morgan fingerprint density at radius 3 is 2.52 bits per heavy atom. The largest absolute Gasteiger partial charge is 0.382 e. The number of benzene rings is 2. The Labute approximate surface area is 128 Å². The molecule has 1 aliphatic rings. The minimum absolute atomic E-state index is 0.648. The zero-order chi connectivity index (χ0) is 14.7. The molecule has 1 fully saturated rings. The summed E-state index contributed by atoms with van der Waals surface area (Å²) in [4.78, 5) is 0. The Bertz CT molecular complexity index is 587. The molecule has 112 valence electrons. The Balaban J connectivity index is 1.67. The van der Waals surface area contributed by atoms with E-state index in [2.05, 4.69) is 61.6 Å². The van der Waals surface area contributed by atoms with Gasteiger partial charge in [-0.05, 0) is 54.0 Å². The summed E-state index contributed by atoms with van der Waals surface area (Å²) in [5.74, 6) is 1.76. The third kappa shape index (κ3) is 3.58. The summed E-state index contributed by atoms with van der Waals surface area (Å²) in [6.45, 7) is 4.75. The highest BCUT2D eigenvalue weighted by molar-refractivity contribution is 5.85. The first-order valence-corrected chi connectivity index (χ1v) is 8.48. The van der Waals surface area contributed by atoms with Crippen LogP contribution >= 0.6 is 0 Å². The standard InChI is InChI=1S/C20H27N/c1-15(2)16-8-5-9-19(12-10-16)21-20-13-11-17-6-3-4-7-18(17)14-20/h3-4,6-7,11,13-16,19,21H,5,8-10,12H2,1-2H3. The summed E-state index contributed by atoms with van der Waals surface area (Å²) in [7, 11) is 0. The molecule has 0 heterocycles. The average Bonchev–Trinajstić information content (AvgIpc) is 2.73. The monoisotopic (exact) mass is 281 g/mol. The van der Waals surface area contributed by atoms with Crippen LogP contribution in [0.4, 0.5) is 5.69 Å². The van der Waals surface area contributed by atoms with Gasteiger partial charge in [-0.15, -0.1) is 0 Å². The average molecular weight is 281 g/mol. The highest BCUT2D eigenvalue weighted by Gasteiger charge is 2.20. The second-order valence-electron chi connectivity index (χ2n) is 6.92. The van der Waals surface area contributed by atoms with E-state index < -0.39 is 0 Å². The molecule has 0 spiro atoms. The molecule has 1 N–H and O–H groups in total. The van der Waals surface area contributed by atoms with E-state index in [1.165, 1.54) is 48.6 Å². The topological polar surface area (TPSA) is 12.0 Å². The second kappa shape index (κ2) is 6.51. The normalized spacial score (nSPS) is 23.2. The molecule has 0 aromatic heterocycles. The van der Waals surface area contributed by atoms with E-state index in [0.29, 0.717) is 6.04 Å². The van der Waals surface area contributed by atoms with Crippen molar-refractivity contribution in [2.75, 3.05) is 5.32 Å². The molecule has 0 amide bonds. The predicted molar refractivity (Wildman–Crippen MR) is 92.8 cm³/mol. The van der Waals surface area contributed by atoms with E-state index in [4.69, 9.17) is 0 Å². The van der Waals surface area contributed by atoms with Crippen molar-refractivity contribution in [3.8, 4) is 0 Å². The Kier molecular flexibility index (Phi) is 4.48. The fraction of sp³-hybridized carbons (Fsp3) is 0.500. The van der Waals surface area contributed by atoms with E-state index in [1.54, 1.807) is 0 Å². The van der Waals surface area contributed by atoms with E-state index in [9.17, 15) is 0 Å². The fourth-order valence-electron chi connectivity index (χ4n) is 3.66. The van der Waals surface area contributed by atoms with Gasteiger partial charge in [-0.25, -0.2) is 0 Å². The zero-order valence-corrected chi connectivity index (χ0v) is 13.3. The van der Waals surface area contributed by atoms with Crippen molar-refractivity contribution in [2.24, 2.45) is 11.8 Å². The molecule has 2 atom stereocenters. The molecule has 0 saturated heterocycles. The van der Waals surface area contributed by atoms with Crippen LogP contribution in [0.2, 0.25) is 0 Å². The number of nitrogens with one attached hydrogen (secondary N) is 1. The van der Waals surface area contributed by atoms with Crippen LogP contribution < -0.4 is 5.32 Å². The van der Waals surface area contributed by atoms with Crippen LogP contribution in [0.25, 0.3) is 10.8 Å².